The molecule has 0 bridgehead atoms. The highest BCUT2D eigenvalue weighted by atomic mass is 16.3. The molecule has 1 fully saturated rings. The summed E-state index contributed by atoms with van der Waals surface area (Å²) in [7, 11) is 0. The first-order valence-corrected chi connectivity index (χ1v) is 7.96. The maximum absolute atomic E-state index is 12.4. The SMILES string of the molecule is CCc1cc(C2CC2)cc(C)c1C1=C(O)C(C)(C)CC1=O. The third-order valence-electron chi connectivity index (χ3n) is 4.88. The van der Waals surface area contributed by atoms with Crippen molar-refractivity contribution in [2.75, 3.05) is 0 Å². The quantitative estimate of drug-likeness (QED) is 0.873. The van der Waals surface area contributed by atoms with Crippen molar-refractivity contribution in [3.8, 4) is 0 Å². The lowest BCUT2D eigenvalue weighted by Crippen LogP contribution is -2.10. The van der Waals surface area contributed by atoms with Gasteiger partial charge >= 0.3 is 0 Å². The predicted octanol–water partition coefficient (Wildman–Crippen LogP) is 4.70. The van der Waals surface area contributed by atoms with E-state index in [9.17, 15) is 9.90 Å². The number of hydrogen-bond donors (Lipinski definition) is 1. The van der Waals surface area contributed by atoms with Gasteiger partial charge in [0.2, 0.25) is 0 Å². The molecule has 2 aliphatic rings. The summed E-state index contributed by atoms with van der Waals surface area (Å²) in [6.07, 6.45) is 3.85. The molecule has 3 rings (SSSR count). The lowest BCUT2D eigenvalue weighted by Gasteiger charge is -2.17. The Bertz CT molecular complexity index is 646. The fourth-order valence-corrected chi connectivity index (χ4v) is 3.48. The molecule has 2 heteroatoms. The van der Waals surface area contributed by atoms with Gasteiger partial charge in [-0.05, 0) is 54.4 Å². The summed E-state index contributed by atoms with van der Waals surface area (Å²) in [4.78, 5) is 12.4. The van der Waals surface area contributed by atoms with Crippen LogP contribution in [-0.4, -0.2) is 10.9 Å². The Hall–Kier alpha value is -1.57. The molecule has 0 amide bonds. The number of aliphatic hydroxyl groups excluding tert-OH is 1. The number of rotatable bonds is 3. The molecule has 1 saturated carbocycles. The van der Waals surface area contributed by atoms with Gasteiger partial charge in [-0.2, -0.15) is 0 Å². The van der Waals surface area contributed by atoms with Crippen molar-refractivity contribution < 1.29 is 9.90 Å². The Balaban J connectivity index is 2.18. The Morgan fingerprint density at radius 3 is 2.43 bits per heavy atom. The molecule has 0 radical (unpaired) electrons. The van der Waals surface area contributed by atoms with E-state index in [0.717, 1.165) is 17.5 Å². The molecule has 112 valence electrons. The van der Waals surface area contributed by atoms with Crippen LogP contribution in [0.15, 0.2) is 17.9 Å². The number of carbonyl (C=O) groups excluding carboxylic acids is 1. The van der Waals surface area contributed by atoms with Crippen molar-refractivity contribution in [2.24, 2.45) is 5.41 Å². The third kappa shape index (κ3) is 2.31. The molecule has 2 nitrogen and oxygen atoms in total. The van der Waals surface area contributed by atoms with E-state index in [1.54, 1.807) is 0 Å². The summed E-state index contributed by atoms with van der Waals surface area (Å²) in [5.41, 5.74) is 4.84. The van der Waals surface area contributed by atoms with Crippen LogP contribution >= 0.6 is 0 Å². The van der Waals surface area contributed by atoms with Gasteiger partial charge in [0.15, 0.2) is 5.78 Å². The first kappa shape index (κ1) is 14.4. The first-order chi connectivity index (χ1) is 9.85. The summed E-state index contributed by atoms with van der Waals surface area (Å²) in [5, 5.41) is 10.5. The van der Waals surface area contributed by atoms with Gasteiger partial charge in [-0.15, -0.1) is 0 Å². The van der Waals surface area contributed by atoms with Gasteiger partial charge in [-0.25, -0.2) is 0 Å². The predicted molar refractivity (Wildman–Crippen MR) is 85.5 cm³/mol. The van der Waals surface area contributed by atoms with Crippen molar-refractivity contribution in [3.63, 3.8) is 0 Å². The average Bonchev–Trinajstić information content (AvgIpc) is 3.20. The summed E-state index contributed by atoms with van der Waals surface area (Å²) in [5.74, 6) is 1.06. The first-order valence-electron chi connectivity index (χ1n) is 7.96. The van der Waals surface area contributed by atoms with Crippen LogP contribution in [0.4, 0.5) is 0 Å². The van der Waals surface area contributed by atoms with Crippen LogP contribution in [-0.2, 0) is 11.2 Å². The molecule has 1 aromatic carbocycles. The molecular formula is C19H24O2. The average molecular weight is 284 g/mol. The fourth-order valence-electron chi connectivity index (χ4n) is 3.48. The number of aryl methyl sites for hydroxylation is 2. The number of benzene rings is 1. The van der Waals surface area contributed by atoms with Gasteiger partial charge in [-0.3, -0.25) is 4.79 Å². The molecule has 21 heavy (non-hydrogen) atoms. The highest BCUT2D eigenvalue weighted by Crippen LogP contribution is 2.46. The molecule has 2 aliphatic carbocycles. The van der Waals surface area contributed by atoms with E-state index < -0.39 is 5.41 Å². The van der Waals surface area contributed by atoms with E-state index in [0.29, 0.717) is 17.9 Å². The van der Waals surface area contributed by atoms with Gasteiger partial charge in [0.05, 0.1) is 5.57 Å². The summed E-state index contributed by atoms with van der Waals surface area (Å²) in [6, 6.07) is 4.46. The van der Waals surface area contributed by atoms with Crippen LogP contribution in [0.5, 0.6) is 0 Å². The molecule has 1 N–H and O–H groups in total. The molecule has 0 aliphatic heterocycles. The topological polar surface area (TPSA) is 37.3 Å². The molecule has 0 atom stereocenters. The number of ketones is 1. The second-order valence-corrected chi connectivity index (χ2v) is 7.21. The van der Waals surface area contributed by atoms with Crippen molar-refractivity contribution >= 4 is 11.4 Å². The van der Waals surface area contributed by atoms with E-state index >= 15 is 0 Å². The highest BCUT2D eigenvalue weighted by Gasteiger charge is 2.40. The molecule has 1 aromatic rings. The van der Waals surface area contributed by atoms with E-state index in [4.69, 9.17) is 0 Å². The third-order valence-corrected chi connectivity index (χ3v) is 4.88. The van der Waals surface area contributed by atoms with Gasteiger partial charge in [0, 0.05) is 11.8 Å². The summed E-state index contributed by atoms with van der Waals surface area (Å²) in [6.45, 7) is 8.07. The Morgan fingerprint density at radius 1 is 1.29 bits per heavy atom. The number of carbonyl (C=O) groups is 1. The summed E-state index contributed by atoms with van der Waals surface area (Å²) >= 11 is 0. The normalized spacial score (nSPS) is 21.2. The second-order valence-electron chi connectivity index (χ2n) is 7.21. The molecular weight excluding hydrogens is 260 g/mol. The Morgan fingerprint density at radius 2 is 1.95 bits per heavy atom. The lowest BCUT2D eigenvalue weighted by molar-refractivity contribution is -0.114. The molecule has 0 saturated heterocycles. The number of allylic oxidation sites excluding steroid dienone is 2. The molecule has 0 heterocycles. The molecule has 0 aromatic heterocycles. The maximum Gasteiger partial charge on any atom is 0.167 e. The largest absolute Gasteiger partial charge is 0.511 e. The second kappa shape index (κ2) is 4.72. The minimum Gasteiger partial charge on any atom is -0.511 e. The van der Waals surface area contributed by atoms with Crippen LogP contribution in [0, 0.1) is 12.3 Å². The van der Waals surface area contributed by atoms with Crippen LogP contribution in [0.3, 0.4) is 0 Å². The zero-order chi connectivity index (χ0) is 15.4. The monoisotopic (exact) mass is 284 g/mol. The van der Waals surface area contributed by atoms with E-state index in [1.807, 2.05) is 13.8 Å². The van der Waals surface area contributed by atoms with Crippen molar-refractivity contribution in [2.45, 2.75) is 59.3 Å². The van der Waals surface area contributed by atoms with Gasteiger partial charge in [0.1, 0.15) is 5.76 Å². The van der Waals surface area contributed by atoms with Gasteiger partial charge < -0.3 is 5.11 Å². The van der Waals surface area contributed by atoms with E-state index in [1.165, 1.54) is 24.0 Å². The Kier molecular flexibility index (Phi) is 3.23. The maximum atomic E-state index is 12.4. The van der Waals surface area contributed by atoms with Crippen LogP contribution in [0.1, 0.15) is 68.2 Å². The lowest BCUT2D eigenvalue weighted by atomic mass is 9.88. The fraction of sp³-hybridized carbons (Fsp3) is 0.526. The minimum absolute atomic E-state index is 0.0782. The van der Waals surface area contributed by atoms with Crippen molar-refractivity contribution in [1.29, 1.82) is 0 Å². The van der Waals surface area contributed by atoms with Crippen LogP contribution in [0.25, 0.3) is 5.57 Å². The molecule has 0 unspecified atom stereocenters. The van der Waals surface area contributed by atoms with E-state index in [-0.39, 0.29) is 11.5 Å². The highest BCUT2D eigenvalue weighted by molar-refractivity contribution is 6.24. The standard InChI is InChI=1S/C19H24O2/c1-5-12-9-14(13-6-7-13)8-11(2)16(12)17-15(20)10-19(3,4)18(17)21/h8-9,13,21H,5-7,10H2,1-4H3. The van der Waals surface area contributed by atoms with Crippen LogP contribution < -0.4 is 0 Å². The van der Waals surface area contributed by atoms with E-state index in [2.05, 4.69) is 26.0 Å². The number of hydrogen-bond acceptors (Lipinski definition) is 2. The van der Waals surface area contributed by atoms with Crippen LogP contribution in [0.2, 0.25) is 0 Å². The smallest absolute Gasteiger partial charge is 0.167 e. The van der Waals surface area contributed by atoms with Crippen molar-refractivity contribution in [3.05, 3.63) is 40.1 Å². The Labute approximate surface area is 126 Å². The molecule has 0 spiro atoms. The van der Waals surface area contributed by atoms with Gasteiger partial charge in [0.25, 0.3) is 0 Å². The van der Waals surface area contributed by atoms with Gasteiger partial charge in [-0.1, -0.05) is 32.9 Å². The zero-order valence-corrected chi connectivity index (χ0v) is 13.4. The minimum atomic E-state index is -0.432. The number of Topliss-reactive ketones (excluding diaryl/α,β-unsaturated/α-hetero) is 1. The number of aliphatic hydroxyl groups is 1. The summed E-state index contributed by atoms with van der Waals surface area (Å²) < 4.78 is 0. The van der Waals surface area contributed by atoms with Crippen molar-refractivity contribution in [1.82, 2.24) is 0 Å². The zero-order valence-electron chi connectivity index (χ0n) is 13.4.